The summed E-state index contributed by atoms with van der Waals surface area (Å²) in [6.07, 6.45) is 3.56. The monoisotopic (exact) mass is 262 g/mol. The van der Waals surface area contributed by atoms with Gasteiger partial charge in [0.2, 0.25) is 0 Å². The van der Waals surface area contributed by atoms with Crippen molar-refractivity contribution in [2.24, 2.45) is 5.92 Å². The van der Waals surface area contributed by atoms with Gasteiger partial charge in [-0.25, -0.2) is 0 Å². The molecule has 1 aliphatic rings. The zero-order valence-corrected chi connectivity index (χ0v) is 10.8. The van der Waals surface area contributed by atoms with Crippen LogP contribution < -0.4 is 0 Å². The van der Waals surface area contributed by atoms with Crippen LogP contribution in [0.15, 0.2) is 18.2 Å². The summed E-state index contributed by atoms with van der Waals surface area (Å²) in [7, 11) is 0. The molecule has 1 fully saturated rings. The van der Waals surface area contributed by atoms with Crippen LogP contribution in [0.3, 0.4) is 0 Å². The van der Waals surface area contributed by atoms with E-state index >= 15 is 0 Å². The highest BCUT2D eigenvalue weighted by Gasteiger charge is 2.28. The first-order valence-corrected chi connectivity index (χ1v) is 6.64. The Bertz CT molecular complexity index is 493. The molecule has 2 rings (SSSR count). The van der Waals surface area contributed by atoms with Crippen LogP contribution in [-0.4, -0.2) is 21.8 Å². The maximum atomic E-state index is 12.0. The average Bonchev–Trinajstić information content (AvgIpc) is 2.40. The lowest BCUT2D eigenvalue weighted by Crippen LogP contribution is -2.27. The molecule has 1 aromatic rings. The number of carbonyl (C=O) groups is 2. The lowest BCUT2D eigenvalue weighted by atomic mass is 9.83. The van der Waals surface area contributed by atoms with E-state index in [9.17, 15) is 19.8 Å². The summed E-state index contributed by atoms with van der Waals surface area (Å²) in [5.41, 5.74) is 0.539. The van der Waals surface area contributed by atoms with E-state index in [1.807, 2.05) is 0 Å². The number of rotatable bonds is 4. The van der Waals surface area contributed by atoms with Gasteiger partial charge in [0.15, 0.2) is 0 Å². The lowest BCUT2D eigenvalue weighted by molar-refractivity contribution is -0.134. The average molecular weight is 262 g/mol. The molecule has 0 bridgehead atoms. The van der Waals surface area contributed by atoms with Crippen LogP contribution in [0.25, 0.3) is 0 Å². The fourth-order valence-corrected chi connectivity index (χ4v) is 2.53. The molecular weight excluding hydrogens is 244 g/mol. The Morgan fingerprint density at radius 1 is 1.26 bits per heavy atom. The molecular formula is C15H18O4. The zero-order chi connectivity index (χ0) is 13.8. The molecule has 4 nitrogen and oxygen atoms in total. The number of aromatic hydroxyl groups is 2. The highest BCUT2D eigenvalue weighted by Crippen LogP contribution is 2.26. The summed E-state index contributed by atoms with van der Waals surface area (Å²) in [6, 6.07) is 4.25. The largest absolute Gasteiger partial charge is 0.508 e. The van der Waals surface area contributed by atoms with Crippen LogP contribution >= 0.6 is 0 Å². The van der Waals surface area contributed by atoms with Crippen LogP contribution in [0.4, 0.5) is 0 Å². The molecule has 2 N–H and O–H groups in total. The zero-order valence-electron chi connectivity index (χ0n) is 10.8. The molecule has 1 aliphatic carbocycles. The number of hydrogen-bond acceptors (Lipinski definition) is 4. The predicted octanol–water partition coefficient (Wildman–Crippen LogP) is 2.36. The Kier molecular flexibility index (Phi) is 4.20. The molecule has 0 aliphatic heterocycles. The van der Waals surface area contributed by atoms with Crippen LogP contribution in [0.2, 0.25) is 0 Å². The van der Waals surface area contributed by atoms with Gasteiger partial charge in [0.1, 0.15) is 23.1 Å². The number of phenolic OH excluding ortho intramolecular Hbond substituents is 2. The molecule has 0 spiro atoms. The Balaban J connectivity index is 1.96. The van der Waals surface area contributed by atoms with Crippen molar-refractivity contribution in [2.45, 2.75) is 38.5 Å². The van der Waals surface area contributed by atoms with Gasteiger partial charge in [0.05, 0.1) is 5.92 Å². The normalized spacial score (nSPS) is 19.4. The van der Waals surface area contributed by atoms with Crippen LogP contribution in [0, 0.1) is 5.92 Å². The molecule has 0 amide bonds. The highest BCUT2D eigenvalue weighted by molar-refractivity contribution is 6.02. The SMILES string of the molecule is O=C1CCCCC1C(=O)CCc1cc(O)ccc1O. The quantitative estimate of drug-likeness (QED) is 0.645. The minimum atomic E-state index is -0.451. The van der Waals surface area contributed by atoms with E-state index in [0.717, 1.165) is 12.8 Å². The fourth-order valence-electron chi connectivity index (χ4n) is 2.53. The van der Waals surface area contributed by atoms with Crippen molar-refractivity contribution in [3.05, 3.63) is 23.8 Å². The van der Waals surface area contributed by atoms with Crippen molar-refractivity contribution in [3.63, 3.8) is 0 Å². The Morgan fingerprint density at radius 3 is 2.79 bits per heavy atom. The van der Waals surface area contributed by atoms with Gasteiger partial charge >= 0.3 is 0 Å². The summed E-state index contributed by atoms with van der Waals surface area (Å²) in [5, 5.41) is 19.0. The number of phenols is 2. The third-order valence-electron chi connectivity index (χ3n) is 3.65. The van der Waals surface area contributed by atoms with E-state index in [2.05, 4.69) is 0 Å². The number of carbonyl (C=O) groups excluding carboxylic acids is 2. The molecule has 1 aromatic carbocycles. The summed E-state index contributed by atoms with van der Waals surface area (Å²) in [5.74, 6) is -0.313. The first-order chi connectivity index (χ1) is 9.08. The van der Waals surface area contributed by atoms with Gasteiger partial charge in [-0.3, -0.25) is 9.59 Å². The molecule has 1 unspecified atom stereocenters. The Morgan fingerprint density at radius 2 is 2.05 bits per heavy atom. The maximum Gasteiger partial charge on any atom is 0.143 e. The number of aryl methyl sites for hydroxylation is 1. The van der Waals surface area contributed by atoms with Crippen molar-refractivity contribution < 1.29 is 19.8 Å². The third kappa shape index (κ3) is 3.34. The molecule has 4 heteroatoms. The number of benzene rings is 1. The van der Waals surface area contributed by atoms with E-state index in [-0.39, 0.29) is 29.5 Å². The minimum Gasteiger partial charge on any atom is -0.508 e. The lowest BCUT2D eigenvalue weighted by Gasteiger charge is -2.19. The molecule has 0 radical (unpaired) electrons. The minimum absolute atomic E-state index is 0.0487. The molecule has 1 atom stereocenters. The number of hydrogen-bond donors (Lipinski definition) is 2. The highest BCUT2D eigenvalue weighted by atomic mass is 16.3. The second-order valence-electron chi connectivity index (χ2n) is 5.04. The van der Waals surface area contributed by atoms with Crippen molar-refractivity contribution in [2.75, 3.05) is 0 Å². The topological polar surface area (TPSA) is 74.6 Å². The van der Waals surface area contributed by atoms with Gasteiger partial charge in [-0.15, -0.1) is 0 Å². The van der Waals surface area contributed by atoms with Crippen molar-refractivity contribution in [3.8, 4) is 11.5 Å². The van der Waals surface area contributed by atoms with Gasteiger partial charge in [0.25, 0.3) is 0 Å². The number of ketones is 2. The second kappa shape index (κ2) is 5.87. The van der Waals surface area contributed by atoms with Gasteiger partial charge in [-0.1, -0.05) is 6.42 Å². The van der Waals surface area contributed by atoms with E-state index in [1.165, 1.54) is 18.2 Å². The summed E-state index contributed by atoms with van der Waals surface area (Å²) in [6.45, 7) is 0. The summed E-state index contributed by atoms with van der Waals surface area (Å²) < 4.78 is 0. The van der Waals surface area contributed by atoms with E-state index < -0.39 is 5.92 Å². The molecule has 0 aromatic heterocycles. The predicted molar refractivity (Wildman–Crippen MR) is 70.1 cm³/mol. The van der Waals surface area contributed by atoms with Gasteiger partial charge in [-0.2, -0.15) is 0 Å². The summed E-state index contributed by atoms with van der Waals surface area (Å²) >= 11 is 0. The van der Waals surface area contributed by atoms with Gasteiger partial charge < -0.3 is 10.2 Å². The van der Waals surface area contributed by atoms with Crippen LogP contribution in [0.1, 0.15) is 37.7 Å². The van der Waals surface area contributed by atoms with E-state index in [4.69, 9.17) is 0 Å². The first-order valence-electron chi connectivity index (χ1n) is 6.64. The van der Waals surface area contributed by atoms with Crippen molar-refractivity contribution in [1.29, 1.82) is 0 Å². The first kappa shape index (κ1) is 13.6. The fraction of sp³-hybridized carbons (Fsp3) is 0.467. The Labute approximate surface area is 112 Å². The molecule has 19 heavy (non-hydrogen) atoms. The van der Waals surface area contributed by atoms with Crippen LogP contribution in [0.5, 0.6) is 11.5 Å². The van der Waals surface area contributed by atoms with Gasteiger partial charge in [0, 0.05) is 12.8 Å². The van der Waals surface area contributed by atoms with Gasteiger partial charge in [-0.05, 0) is 43.0 Å². The van der Waals surface area contributed by atoms with E-state index in [1.54, 1.807) is 0 Å². The number of Topliss-reactive ketones (excluding diaryl/α,β-unsaturated/α-hetero) is 2. The molecule has 1 saturated carbocycles. The standard InChI is InChI=1S/C15H18O4/c16-11-6-8-13(17)10(9-11)5-7-15(19)12-3-1-2-4-14(12)18/h6,8-9,12,16-17H,1-5,7H2. The molecule has 0 heterocycles. The summed E-state index contributed by atoms with van der Waals surface area (Å²) in [4.78, 5) is 23.7. The third-order valence-corrected chi connectivity index (χ3v) is 3.65. The smallest absolute Gasteiger partial charge is 0.143 e. The van der Waals surface area contributed by atoms with Crippen LogP contribution in [-0.2, 0) is 16.0 Å². The maximum absolute atomic E-state index is 12.0. The van der Waals surface area contributed by atoms with E-state index in [0.29, 0.717) is 24.8 Å². The molecule has 0 saturated heterocycles. The van der Waals surface area contributed by atoms with Crippen molar-refractivity contribution in [1.82, 2.24) is 0 Å². The molecule has 102 valence electrons. The second-order valence-corrected chi connectivity index (χ2v) is 5.04. The van der Waals surface area contributed by atoms with Crippen molar-refractivity contribution >= 4 is 11.6 Å². The Hall–Kier alpha value is -1.84.